The molecule has 2 N–H and O–H groups in total. The van der Waals surface area contributed by atoms with Crippen molar-refractivity contribution in [2.45, 2.75) is 6.17 Å². The van der Waals surface area contributed by atoms with Gasteiger partial charge in [0.05, 0.1) is 18.4 Å². The van der Waals surface area contributed by atoms with Gasteiger partial charge in [0.1, 0.15) is 0 Å². The third kappa shape index (κ3) is 2.55. The molecule has 0 amide bonds. The van der Waals surface area contributed by atoms with Crippen LogP contribution in [0.2, 0.25) is 5.02 Å². The lowest BCUT2D eigenvalue weighted by Gasteiger charge is -2.16. The lowest BCUT2D eigenvalue weighted by atomic mass is 10.0. The molecular formula is C16H16ClN3. The second-order valence-corrected chi connectivity index (χ2v) is 5.17. The molecule has 102 valence electrons. The van der Waals surface area contributed by atoms with Crippen molar-refractivity contribution in [2.75, 3.05) is 18.9 Å². The molecule has 0 aromatic heterocycles. The molecule has 2 aromatic carbocycles. The Balaban J connectivity index is 2.14. The van der Waals surface area contributed by atoms with Crippen molar-refractivity contribution in [1.82, 2.24) is 5.32 Å². The van der Waals surface area contributed by atoms with Crippen LogP contribution in [0.15, 0.2) is 53.5 Å². The topological polar surface area (TPSA) is 36.4 Å². The summed E-state index contributed by atoms with van der Waals surface area (Å²) in [5.41, 5.74) is 4.18. The van der Waals surface area contributed by atoms with Gasteiger partial charge in [-0.1, -0.05) is 41.9 Å². The number of rotatable bonds is 2. The van der Waals surface area contributed by atoms with E-state index < -0.39 is 0 Å². The van der Waals surface area contributed by atoms with Crippen LogP contribution in [0.1, 0.15) is 11.1 Å². The quantitative estimate of drug-likeness (QED) is 0.889. The van der Waals surface area contributed by atoms with Crippen LogP contribution in [0.3, 0.4) is 0 Å². The Labute approximate surface area is 123 Å². The van der Waals surface area contributed by atoms with E-state index >= 15 is 0 Å². The molecule has 0 spiro atoms. The van der Waals surface area contributed by atoms with Gasteiger partial charge in [0, 0.05) is 21.8 Å². The van der Waals surface area contributed by atoms with E-state index in [4.69, 9.17) is 16.6 Å². The number of hydrogen-bond acceptors (Lipinski definition) is 3. The summed E-state index contributed by atoms with van der Waals surface area (Å²) in [5, 5.41) is 7.39. The molecule has 1 aliphatic rings. The smallest absolute Gasteiger partial charge is 0.0966 e. The maximum atomic E-state index is 6.15. The summed E-state index contributed by atoms with van der Waals surface area (Å²) in [5.74, 6) is 0. The third-order valence-electron chi connectivity index (χ3n) is 3.39. The van der Waals surface area contributed by atoms with E-state index in [0.717, 1.165) is 27.5 Å². The van der Waals surface area contributed by atoms with Gasteiger partial charge in [-0.25, -0.2) is 0 Å². The minimum atomic E-state index is 0.121. The van der Waals surface area contributed by atoms with Crippen LogP contribution in [-0.2, 0) is 0 Å². The Hall–Kier alpha value is -1.84. The summed E-state index contributed by atoms with van der Waals surface area (Å²) >= 11 is 6.15. The van der Waals surface area contributed by atoms with Crippen LogP contribution in [0.4, 0.5) is 5.69 Å². The van der Waals surface area contributed by atoms with Crippen LogP contribution in [0, 0.1) is 0 Å². The molecule has 1 aliphatic heterocycles. The second kappa shape index (κ2) is 5.65. The van der Waals surface area contributed by atoms with Gasteiger partial charge in [-0.3, -0.25) is 10.3 Å². The number of halogens is 1. The molecule has 0 saturated heterocycles. The van der Waals surface area contributed by atoms with Gasteiger partial charge in [0.15, 0.2) is 0 Å². The fraction of sp³-hybridized carbons (Fsp3) is 0.188. The molecule has 4 heteroatoms. The average Bonchev–Trinajstić information content (AvgIpc) is 2.67. The zero-order chi connectivity index (χ0) is 13.9. The van der Waals surface area contributed by atoms with Crippen LogP contribution < -0.4 is 10.6 Å². The van der Waals surface area contributed by atoms with Crippen LogP contribution >= 0.6 is 11.6 Å². The average molecular weight is 286 g/mol. The van der Waals surface area contributed by atoms with E-state index in [2.05, 4.69) is 22.8 Å². The van der Waals surface area contributed by atoms with E-state index in [1.807, 2.05) is 43.4 Å². The predicted molar refractivity (Wildman–Crippen MR) is 84.9 cm³/mol. The molecule has 1 unspecified atom stereocenters. The summed E-state index contributed by atoms with van der Waals surface area (Å²) in [6.45, 7) is 0.674. The monoisotopic (exact) mass is 285 g/mol. The molecule has 0 aliphatic carbocycles. The highest BCUT2D eigenvalue weighted by Gasteiger charge is 2.18. The van der Waals surface area contributed by atoms with Crippen molar-refractivity contribution < 1.29 is 0 Å². The zero-order valence-electron chi connectivity index (χ0n) is 11.2. The maximum Gasteiger partial charge on any atom is 0.0966 e. The largest absolute Gasteiger partial charge is 0.368 e. The summed E-state index contributed by atoms with van der Waals surface area (Å²) in [7, 11) is 1.93. The zero-order valence-corrected chi connectivity index (χ0v) is 12.0. The number of hydrogen-bond donors (Lipinski definition) is 2. The maximum absolute atomic E-state index is 6.15. The van der Waals surface area contributed by atoms with E-state index in [9.17, 15) is 0 Å². The van der Waals surface area contributed by atoms with Gasteiger partial charge in [0.25, 0.3) is 0 Å². The van der Waals surface area contributed by atoms with Crippen LogP contribution in [0.25, 0.3) is 0 Å². The van der Waals surface area contributed by atoms with Crippen LogP contribution in [-0.4, -0.2) is 25.5 Å². The standard InChI is InChI=1S/C16H16ClN3/c1-18-15-10-19-16(11-5-3-2-4-6-11)13-9-12(17)7-8-14(13)20-15/h2-9,15,18,20H,10H2,1H3. The van der Waals surface area contributed by atoms with Crippen molar-refractivity contribution in [3.63, 3.8) is 0 Å². The number of likely N-dealkylation sites (N-methyl/N-ethyl adjacent to an activating group) is 1. The highest BCUT2D eigenvalue weighted by atomic mass is 35.5. The Morgan fingerprint density at radius 1 is 1.20 bits per heavy atom. The van der Waals surface area contributed by atoms with Gasteiger partial charge in [-0.15, -0.1) is 0 Å². The highest BCUT2D eigenvalue weighted by Crippen LogP contribution is 2.26. The second-order valence-electron chi connectivity index (χ2n) is 4.73. The van der Waals surface area contributed by atoms with E-state index in [-0.39, 0.29) is 6.17 Å². The molecular weight excluding hydrogens is 270 g/mol. The molecule has 1 heterocycles. The number of benzene rings is 2. The molecule has 0 bridgehead atoms. The minimum absolute atomic E-state index is 0.121. The summed E-state index contributed by atoms with van der Waals surface area (Å²) in [6.07, 6.45) is 0.121. The Kier molecular flexibility index (Phi) is 3.72. The Morgan fingerprint density at radius 2 is 2.00 bits per heavy atom. The van der Waals surface area contributed by atoms with Gasteiger partial charge < -0.3 is 5.32 Å². The minimum Gasteiger partial charge on any atom is -0.368 e. The molecule has 20 heavy (non-hydrogen) atoms. The lowest BCUT2D eigenvalue weighted by Crippen LogP contribution is -2.35. The predicted octanol–water partition coefficient (Wildman–Crippen LogP) is 3.15. The van der Waals surface area contributed by atoms with Crippen molar-refractivity contribution in [2.24, 2.45) is 4.99 Å². The van der Waals surface area contributed by atoms with Crippen molar-refractivity contribution in [3.8, 4) is 0 Å². The molecule has 2 aromatic rings. The number of anilines is 1. The number of fused-ring (bicyclic) bond motifs is 1. The molecule has 3 nitrogen and oxygen atoms in total. The number of nitrogens with one attached hydrogen (secondary N) is 2. The molecule has 0 fully saturated rings. The molecule has 1 atom stereocenters. The van der Waals surface area contributed by atoms with Crippen molar-refractivity contribution in [3.05, 3.63) is 64.7 Å². The highest BCUT2D eigenvalue weighted by molar-refractivity contribution is 6.31. The lowest BCUT2D eigenvalue weighted by molar-refractivity contribution is 0.639. The first-order valence-corrected chi connectivity index (χ1v) is 6.99. The van der Waals surface area contributed by atoms with Gasteiger partial charge in [0.2, 0.25) is 0 Å². The fourth-order valence-corrected chi connectivity index (χ4v) is 2.52. The summed E-state index contributed by atoms with van der Waals surface area (Å²) < 4.78 is 0. The first-order valence-electron chi connectivity index (χ1n) is 6.61. The fourth-order valence-electron chi connectivity index (χ4n) is 2.35. The number of aliphatic imine (C=N–C) groups is 1. The molecule has 3 rings (SSSR count). The molecule has 0 saturated carbocycles. The van der Waals surface area contributed by atoms with E-state index in [0.29, 0.717) is 6.54 Å². The first-order chi connectivity index (χ1) is 9.78. The van der Waals surface area contributed by atoms with E-state index in [1.165, 1.54) is 0 Å². The Morgan fingerprint density at radius 3 is 2.75 bits per heavy atom. The number of nitrogens with zero attached hydrogens (tertiary/aromatic N) is 1. The van der Waals surface area contributed by atoms with Crippen molar-refractivity contribution >= 4 is 23.0 Å². The first kappa shape index (κ1) is 13.2. The molecule has 0 radical (unpaired) electrons. The Bertz CT molecular complexity index is 637. The van der Waals surface area contributed by atoms with Gasteiger partial charge in [-0.05, 0) is 25.2 Å². The van der Waals surface area contributed by atoms with Gasteiger partial charge in [-0.2, -0.15) is 0 Å². The van der Waals surface area contributed by atoms with Crippen LogP contribution in [0.5, 0.6) is 0 Å². The summed E-state index contributed by atoms with van der Waals surface area (Å²) in [6, 6.07) is 16.1. The summed E-state index contributed by atoms with van der Waals surface area (Å²) in [4.78, 5) is 4.76. The number of benzodiazepines with no additional fused rings is 1. The van der Waals surface area contributed by atoms with Gasteiger partial charge >= 0.3 is 0 Å². The van der Waals surface area contributed by atoms with E-state index in [1.54, 1.807) is 0 Å². The van der Waals surface area contributed by atoms with Crippen molar-refractivity contribution in [1.29, 1.82) is 0 Å². The SMILES string of the molecule is CNC1CN=C(c2ccccc2)c2cc(Cl)ccc2N1. The normalized spacial score (nSPS) is 17.7. The third-order valence-corrected chi connectivity index (χ3v) is 3.63.